The summed E-state index contributed by atoms with van der Waals surface area (Å²) in [5, 5.41) is 2.63. The van der Waals surface area contributed by atoms with Crippen LogP contribution in [0, 0.1) is 5.82 Å². The van der Waals surface area contributed by atoms with Crippen molar-refractivity contribution in [1.29, 1.82) is 0 Å². The molecule has 13 heteroatoms. The lowest BCUT2D eigenvalue weighted by Gasteiger charge is -2.44. The number of aryl methyl sites for hydroxylation is 1. The van der Waals surface area contributed by atoms with Gasteiger partial charge >= 0.3 is 12.3 Å². The largest absolute Gasteiger partial charge is 0.444 e. The number of aromatic nitrogens is 1. The minimum atomic E-state index is -4.95. The van der Waals surface area contributed by atoms with E-state index in [2.05, 4.69) is 10.2 Å². The summed E-state index contributed by atoms with van der Waals surface area (Å²) in [6, 6.07) is 2.83. The first kappa shape index (κ1) is 33.5. The van der Waals surface area contributed by atoms with Crippen LogP contribution < -0.4 is 15.8 Å². The number of hydrogen-bond donors (Lipinski definition) is 1. The van der Waals surface area contributed by atoms with Gasteiger partial charge in [-0.3, -0.25) is 19.4 Å². The van der Waals surface area contributed by atoms with E-state index in [0.717, 1.165) is 10.8 Å². The zero-order valence-electron chi connectivity index (χ0n) is 27.2. The lowest BCUT2D eigenvalue weighted by molar-refractivity contribution is -0.138. The minimum absolute atomic E-state index is 0.0750. The number of carbonyl (C=O) groups excluding carboxylic acids is 2. The van der Waals surface area contributed by atoms with Gasteiger partial charge in [0.15, 0.2) is 0 Å². The first-order valence-corrected chi connectivity index (χ1v) is 15.5. The van der Waals surface area contributed by atoms with Crippen molar-refractivity contribution >= 4 is 28.9 Å². The molecule has 250 valence electrons. The van der Waals surface area contributed by atoms with E-state index < -0.39 is 46.3 Å². The van der Waals surface area contributed by atoms with E-state index in [4.69, 9.17) is 4.74 Å². The van der Waals surface area contributed by atoms with Crippen LogP contribution in [0.2, 0.25) is 0 Å². The fraction of sp³-hybridized carbons (Fsp3) is 0.545. The van der Waals surface area contributed by atoms with Crippen LogP contribution >= 0.6 is 0 Å². The summed E-state index contributed by atoms with van der Waals surface area (Å²) < 4.78 is 64.4. The van der Waals surface area contributed by atoms with Gasteiger partial charge in [-0.25, -0.2) is 9.18 Å². The standard InChI is InChI=1S/C33H41F4N5O4/c1-18-15-41(16-19(2)40(18)7)28-14-26(34)23(20-10-21-8-9-22(11-20)42(21)31(45)46-32(3,4)5)12-27(28)38-30(44)24-17-39(6)29(43)13-25(24)33(35,36)37/h10,12-14,17-19,21-22H,8-9,11,15-16H2,1-7H3,(H,38,44)/t18-,19+,21?,22?. The van der Waals surface area contributed by atoms with Crippen LogP contribution in [0.25, 0.3) is 5.57 Å². The number of halogens is 4. The maximum absolute atomic E-state index is 16.1. The second-order valence-corrected chi connectivity index (χ2v) is 13.7. The Morgan fingerprint density at radius 3 is 2.24 bits per heavy atom. The molecule has 1 aromatic carbocycles. The van der Waals surface area contributed by atoms with Crippen molar-refractivity contribution in [2.75, 3.05) is 30.4 Å². The Labute approximate surface area is 265 Å². The molecule has 2 amide bonds. The number of fused-ring (bicyclic) bond motifs is 2. The smallest absolute Gasteiger partial charge is 0.417 e. The van der Waals surface area contributed by atoms with Crippen molar-refractivity contribution in [3.63, 3.8) is 0 Å². The minimum Gasteiger partial charge on any atom is -0.444 e. The first-order valence-electron chi connectivity index (χ1n) is 15.5. The third kappa shape index (κ3) is 6.65. The van der Waals surface area contributed by atoms with Crippen molar-refractivity contribution in [3.8, 4) is 0 Å². The Bertz CT molecular complexity index is 1620. The molecular formula is C33H41F4N5O4. The number of likely N-dealkylation sites (N-methyl/N-ethyl adjacent to an activating group) is 1. The number of nitrogens with one attached hydrogen (secondary N) is 1. The maximum Gasteiger partial charge on any atom is 0.417 e. The number of hydrogen-bond acceptors (Lipinski definition) is 6. The van der Waals surface area contributed by atoms with Crippen LogP contribution in [0.3, 0.4) is 0 Å². The van der Waals surface area contributed by atoms with Gasteiger partial charge in [0.2, 0.25) is 0 Å². The molecule has 3 aliphatic heterocycles. The van der Waals surface area contributed by atoms with Crippen molar-refractivity contribution in [2.45, 2.75) is 89.8 Å². The van der Waals surface area contributed by atoms with Crippen LogP contribution in [-0.4, -0.2) is 76.3 Å². The molecule has 0 spiro atoms. The summed E-state index contributed by atoms with van der Waals surface area (Å²) in [7, 11) is 3.25. The number of alkyl halides is 3. The van der Waals surface area contributed by atoms with Gasteiger partial charge in [-0.05, 0) is 78.6 Å². The van der Waals surface area contributed by atoms with Gasteiger partial charge in [-0.1, -0.05) is 6.08 Å². The van der Waals surface area contributed by atoms with E-state index in [1.165, 1.54) is 19.2 Å². The molecule has 5 rings (SSSR count). The number of piperazine rings is 1. The number of rotatable bonds is 4. The highest BCUT2D eigenvalue weighted by Crippen LogP contribution is 2.42. The second kappa shape index (κ2) is 12.1. The Hall–Kier alpha value is -3.87. The lowest BCUT2D eigenvalue weighted by atomic mass is 9.93. The average molecular weight is 648 g/mol. The second-order valence-electron chi connectivity index (χ2n) is 13.7. The molecule has 2 saturated heterocycles. The quantitative estimate of drug-likeness (QED) is 0.418. The zero-order chi connectivity index (χ0) is 33.9. The molecule has 2 bridgehead atoms. The van der Waals surface area contributed by atoms with E-state index in [-0.39, 0.29) is 35.4 Å². The highest BCUT2D eigenvalue weighted by atomic mass is 19.4. The van der Waals surface area contributed by atoms with Gasteiger partial charge in [-0.2, -0.15) is 13.2 Å². The highest BCUT2D eigenvalue weighted by Gasteiger charge is 2.42. The van der Waals surface area contributed by atoms with Crippen LogP contribution in [0.5, 0.6) is 0 Å². The Balaban J connectivity index is 1.56. The van der Waals surface area contributed by atoms with E-state index in [0.29, 0.717) is 49.7 Å². The van der Waals surface area contributed by atoms with Gasteiger partial charge < -0.3 is 19.5 Å². The number of anilines is 2. The average Bonchev–Trinajstić information content (AvgIpc) is 3.21. The fourth-order valence-electron chi connectivity index (χ4n) is 6.64. The SMILES string of the molecule is C[C@@H]1CN(c2cc(F)c(C3=CC4CCC(C3)N4C(=O)OC(C)(C)C)cc2NC(=O)c2cn(C)c(=O)cc2C(F)(F)F)C[C@H](C)N1C. The van der Waals surface area contributed by atoms with E-state index in [9.17, 15) is 27.6 Å². The number of ether oxygens (including phenoxy) is 1. The summed E-state index contributed by atoms with van der Waals surface area (Å²) in [5.74, 6) is -1.62. The van der Waals surface area contributed by atoms with Crippen LogP contribution in [0.1, 0.15) is 75.4 Å². The van der Waals surface area contributed by atoms with Gasteiger partial charge in [0.1, 0.15) is 11.4 Å². The van der Waals surface area contributed by atoms with Crippen molar-refractivity contribution in [3.05, 3.63) is 63.3 Å². The van der Waals surface area contributed by atoms with E-state index >= 15 is 4.39 Å². The molecule has 4 heterocycles. The molecule has 1 N–H and O–H groups in total. The third-order valence-electron chi connectivity index (χ3n) is 9.16. The molecule has 1 aromatic heterocycles. The summed E-state index contributed by atoms with van der Waals surface area (Å²) in [6.07, 6.45) is -0.956. The van der Waals surface area contributed by atoms with Gasteiger partial charge in [0, 0.05) is 56.1 Å². The highest BCUT2D eigenvalue weighted by molar-refractivity contribution is 6.07. The first-order chi connectivity index (χ1) is 21.3. The lowest BCUT2D eigenvalue weighted by Crippen LogP contribution is -2.55. The summed E-state index contributed by atoms with van der Waals surface area (Å²) in [6.45, 7) is 10.4. The molecule has 9 nitrogen and oxygen atoms in total. The molecule has 2 unspecified atom stereocenters. The van der Waals surface area contributed by atoms with Crippen molar-refractivity contribution < 1.29 is 31.9 Å². The fourth-order valence-corrected chi connectivity index (χ4v) is 6.64. The van der Waals surface area contributed by atoms with E-state index in [1.807, 2.05) is 31.9 Å². The Morgan fingerprint density at radius 1 is 1.00 bits per heavy atom. The van der Waals surface area contributed by atoms with Crippen LogP contribution in [0.4, 0.5) is 33.7 Å². The Morgan fingerprint density at radius 2 is 1.65 bits per heavy atom. The monoisotopic (exact) mass is 647 g/mol. The topological polar surface area (TPSA) is 87.1 Å². The maximum atomic E-state index is 16.1. The zero-order valence-corrected chi connectivity index (χ0v) is 27.2. The molecule has 0 radical (unpaired) electrons. The number of carbonyl (C=O) groups is 2. The predicted octanol–water partition coefficient (Wildman–Crippen LogP) is 5.88. The van der Waals surface area contributed by atoms with Crippen molar-refractivity contribution in [2.24, 2.45) is 7.05 Å². The molecule has 0 aliphatic carbocycles. The van der Waals surface area contributed by atoms with Crippen LogP contribution in [-0.2, 0) is 18.0 Å². The summed E-state index contributed by atoms with van der Waals surface area (Å²) in [4.78, 5) is 44.4. The number of nitrogens with zero attached hydrogens (tertiary/aromatic N) is 4. The van der Waals surface area contributed by atoms with Gasteiger partial charge in [0.25, 0.3) is 11.5 Å². The Kier molecular flexibility index (Phi) is 8.78. The molecule has 2 fully saturated rings. The molecule has 0 saturated carbocycles. The number of amides is 2. The van der Waals surface area contributed by atoms with Crippen LogP contribution in [0.15, 0.2) is 35.3 Å². The molecular weight excluding hydrogens is 606 g/mol. The van der Waals surface area contributed by atoms with Crippen molar-refractivity contribution in [1.82, 2.24) is 14.4 Å². The summed E-state index contributed by atoms with van der Waals surface area (Å²) in [5.41, 5.74) is -2.33. The predicted molar refractivity (Wildman–Crippen MR) is 167 cm³/mol. The number of pyridine rings is 1. The third-order valence-corrected chi connectivity index (χ3v) is 9.16. The molecule has 46 heavy (non-hydrogen) atoms. The van der Waals surface area contributed by atoms with Gasteiger partial charge in [0.05, 0.1) is 28.5 Å². The van der Waals surface area contributed by atoms with Gasteiger partial charge in [-0.15, -0.1) is 0 Å². The van der Waals surface area contributed by atoms with E-state index in [1.54, 1.807) is 25.7 Å². The molecule has 2 aromatic rings. The molecule has 3 aliphatic rings. The number of benzene rings is 1. The molecule has 4 atom stereocenters. The normalized spacial score (nSPS) is 23.8. The summed E-state index contributed by atoms with van der Waals surface area (Å²) >= 11 is 0.